The van der Waals surface area contributed by atoms with Gasteiger partial charge < -0.3 is 4.74 Å². The zero-order chi connectivity index (χ0) is 13.7. The number of nitrogens with two attached hydrogens (primary N) is 1. The van der Waals surface area contributed by atoms with Crippen molar-refractivity contribution in [1.29, 1.82) is 0 Å². The van der Waals surface area contributed by atoms with Crippen LogP contribution in [0.2, 0.25) is 0 Å². The Bertz CT molecular complexity index is 517. The number of nitrogens with one attached hydrogen (secondary N) is 1. The molecule has 0 aliphatic carbocycles. The Balaban J connectivity index is 2.35. The van der Waals surface area contributed by atoms with Crippen LogP contribution in [0.5, 0.6) is 0 Å². The monoisotopic (exact) mass is 326 g/mol. The van der Waals surface area contributed by atoms with Crippen LogP contribution in [0.1, 0.15) is 17.3 Å². The Labute approximate surface area is 119 Å². The van der Waals surface area contributed by atoms with E-state index < -0.39 is 0 Å². The number of hydrogen-bond donors (Lipinski definition) is 2. The lowest BCUT2D eigenvalue weighted by atomic mass is 10.1. The van der Waals surface area contributed by atoms with E-state index in [-0.39, 0.29) is 6.04 Å². The van der Waals surface area contributed by atoms with Gasteiger partial charge in [0.15, 0.2) is 0 Å². The first-order valence-electron chi connectivity index (χ1n) is 5.70. The normalized spacial score (nSPS) is 12.6. The van der Waals surface area contributed by atoms with Crippen molar-refractivity contribution in [3.8, 4) is 0 Å². The molecule has 0 bridgehead atoms. The second kappa shape index (κ2) is 6.71. The van der Waals surface area contributed by atoms with Crippen LogP contribution in [0.25, 0.3) is 0 Å². The molecule has 0 saturated heterocycles. The molecule has 0 fully saturated rings. The average Bonchev–Trinajstić information content (AvgIpc) is 2.80. The standard InChI is InChI=1S/C11H15BrN6O/c1-19-5-4-18-11(9(12)7-16-18)10(17-13)8-2-3-14-15-6-8/h2-3,6-7,10,17H,4-5,13H2,1H3. The van der Waals surface area contributed by atoms with Crippen LogP contribution in [0, 0.1) is 0 Å². The minimum Gasteiger partial charge on any atom is -0.383 e. The van der Waals surface area contributed by atoms with Gasteiger partial charge >= 0.3 is 0 Å². The highest BCUT2D eigenvalue weighted by Gasteiger charge is 2.21. The summed E-state index contributed by atoms with van der Waals surface area (Å²) in [5, 5.41) is 11.9. The number of aromatic nitrogens is 4. The van der Waals surface area contributed by atoms with Gasteiger partial charge in [-0.25, -0.2) is 5.43 Å². The molecular formula is C11H15BrN6O. The molecule has 0 aliphatic rings. The predicted octanol–water partition coefficient (Wildman–Crippen LogP) is 0.635. The van der Waals surface area contributed by atoms with Crippen molar-refractivity contribution in [2.24, 2.45) is 5.84 Å². The molecule has 3 N–H and O–H groups in total. The van der Waals surface area contributed by atoms with Gasteiger partial charge in [-0.15, -0.1) is 0 Å². The Hall–Kier alpha value is -1.35. The first kappa shape index (κ1) is 14.1. The second-order valence-electron chi connectivity index (χ2n) is 3.87. The summed E-state index contributed by atoms with van der Waals surface area (Å²) in [6.45, 7) is 1.22. The highest BCUT2D eigenvalue weighted by Crippen LogP contribution is 2.27. The molecule has 0 aliphatic heterocycles. The van der Waals surface area contributed by atoms with Crippen molar-refractivity contribution in [1.82, 2.24) is 25.4 Å². The molecule has 2 rings (SSSR count). The molecular weight excluding hydrogens is 312 g/mol. The van der Waals surface area contributed by atoms with Crippen molar-refractivity contribution in [3.05, 3.63) is 40.4 Å². The molecule has 0 spiro atoms. The number of rotatable bonds is 6. The van der Waals surface area contributed by atoms with Crippen LogP contribution in [0.4, 0.5) is 0 Å². The fraction of sp³-hybridized carbons (Fsp3) is 0.364. The van der Waals surface area contributed by atoms with Crippen molar-refractivity contribution in [2.45, 2.75) is 12.6 Å². The summed E-state index contributed by atoms with van der Waals surface area (Å²) in [5.41, 5.74) is 4.62. The summed E-state index contributed by atoms with van der Waals surface area (Å²) < 4.78 is 7.80. The number of hydrazine groups is 1. The first-order chi connectivity index (χ1) is 9.27. The summed E-state index contributed by atoms with van der Waals surface area (Å²) in [6, 6.07) is 1.64. The van der Waals surface area contributed by atoms with Crippen molar-refractivity contribution >= 4 is 15.9 Å². The van der Waals surface area contributed by atoms with E-state index >= 15 is 0 Å². The molecule has 102 valence electrons. The zero-order valence-corrected chi connectivity index (χ0v) is 12.0. The summed E-state index contributed by atoms with van der Waals surface area (Å²) in [4.78, 5) is 0. The van der Waals surface area contributed by atoms with Gasteiger partial charge in [-0.2, -0.15) is 15.3 Å². The number of methoxy groups -OCH3 is 1. The molecule has 7 nitrogen and oxygen atoms in total. The Kier molecular flexibility index (Phi) is 4.97. The lowest BCUT2D eigenvalue weighted by molar-refractivity contribution is 0.182. The molecule has 2 aromatic heterocycles. The summed E-state index contributed by atoms with van der Waals surface area (Å²) in [7, 11) is 1.66. The lowest BCUT2D eigenvalue weighted by Gasteiger charge is -2.18. The van der Waals surface area contributed by atoms with E-state index in [9.17, 15) is 0 Å². The van der Waals surface area contributed by atoms with Gasteiger partial charge in [0.1, 0.15) is 0 Å². The van der Waals surface area contributed by atoms with E-state index in [1.165, 1.54) is 0 Å². The molecule has 1 unspecified atom stereocenters. The molecule has 2 aromatic rings. The molecule has 19 heavy (non-hydrogen) atoms. The van der Waals surface area contributed by atoms with Crippen LogP contribution >= 0.6 is 15.9 Å². The van der Waals surface area contributed by atoms with Gasteiger partial charge in [-0.1, -0.05) is 0 Å². The fourth-order valence-electron chi connectivity index (χ4n) is 1.82. The highest BCUT2D eigenvalue weighted by molar-refractivity contribution is 9.10. The van der Waals surface area contributed by atoms with E-state index in [1.54, 1.807) is 25.7 Å². The van der Waals surface area contributed by atoms with Crippen molar-refractivity contribution in [2.75, 3.05) is 13.7 Å². The summed E-state index contributed by atoms with van der Waals surface area (Å²) in [5.74, 6) is 5.67. The van der Waals surface area contributed by atoms with E-state index in [1.807, 2.05) is 10.7 Å². The summed E-state index contributed by atoms with van der Waals surface area (Å²) in [6.07, 6.45) is 5.04. The minimum atomic E-state index is -0.218. The minimum absolute atomic E-state index is 0.218. The maximum absolute atomic E-state index is 5.67. The third-order valence-corrected chi connectivity index (χ3v) is 3.33. The third kappa shape index (κ3) is 3.16. The maximum atomic E-state index is 5.67. The lowest BCUT2D eigenvalue weighted by Crippen LogP contribution is -2.31. The largest absolute Gasteiger partial charge is 0.383 e. The van der Waals surface area contributed by atoms with Gasteiger partial charge in [0.2, 0.25) is 0 Å². The van der Waals surface area contributed by atoms with E-state index in [2.05, 4.69) is 36.7 Å². The van der Waals surface area contributed by atoms with Crippen LogP contribution in [-0.4, -0.2) is 33.7 Å². The zero-order valence-electron chi connectivity index (χ0n) is 10.5. The van der Waals surface area contributed by atoms with E-state index in [0.717, 1.165) is 15.7 Å². The topological polar surface area (TPSA) is 90.9 Å². The molecule has 0 radical (unpaired) electrons. The van der Waals surface area contributed by atoms with Crippen molar-refractivity contribution < 1.29 is 4.74 Å². The van der Waals surface area contributed by atoms with Crippen molar-refractivity contribution in [3.63, 3.8) is 0 Å². The molecule has 8 heteroatoms. The SMILES string of the molecule is COCCn1ncc(Br)c1C(NN)c1ccnnc1. The number of halogens is 1. The van der Waals surface area contributed by atoms with Crippen LogP contribution < -0.4 is 11.3 Å². The number of hydrogen-bond acceptors (Lipinski definition) is 6. The average molecular weight is 327 g/mol. The molecule has 2 heterocycles. The van der Waals surface area contributed by atoms with E-state index in [0.29, 0.717) is 13.2 Å². The fourth-order valence-corrected chi connectivity index (χ4v) is 2.34. The quantitative estimate of drug-likeness (QED) is 0.597. The van der Waals surface area contributed by atoms with Gasteiger partial charge in [0, 0.05) is 13.3 Å². The van der Waals surface area contributed by atoms with Gasteiger partial charge in [0.25, 0.3) is 0 Å². The third-order valence-electron chi connectivity index (χ3n) is 2.72. The first-order valence-corrected chi connectivity index (χ1v) is 6.50. The molecule has 0 saturated carbocycles. The predicted molar refractivity (Wildman–Crippen MR) is 73.0 cm³/mol. The number of ether oxygens (including phenoxy) is 1. The van der Waals surface area contributed by atoms with Gasteiger partial charge in [-0.3, -0.25) is 10.5 Å². The van der Waals surface area contributed by atoms with Gasteiger partial charge in [-0.05, 0) is 27.6 Å². The maximum Gasteiger partial charge on any atom is 0.0905 e. The van der Waals surface area contributed by atoms with E-state index in [4.69, 9.17) is 10.6 Å². The second-order valence-corrected chi connectivity index (χ2v) is 4.72. The molecule has 0 amide bonds. The Morgan fingerprint density at radius 1 is 1.47 bits per heavy atom. The number of nitrogens with zero attached hydrogens (tertiary/aromatic N) is 4. The Morgan fingerprint density at radius 3 is 2.95 bits per heavy atom. The van der Waals surface area contributed by atoms with Crippen LogP contribution in [0.15, 0.2) is 29.1 Å². The van der Waals surface area contributed by atoms with Gasteiger partial charge in [0.05, 0.1) is 41.8 Å². The molecule has 1 atom stereocenters. The van der Waals surface area contributed by atoms with Crippen LogP contribution in [0.3, 0.4) is 0 Å². The Morgan fingerprint density at radius 2 is 2.32 bits per heavy atom. The summed E-state index contributed by atoms with van der Waals surface area (Å²) >= 11 is 3.49. The highest BCUT2D eigenvalue weighted by atomic mass is 79.9. The molecule has 0 aromatic carbocycles. The van der Waals surface area contributed by atoms with Crippen LogP contribution in [-0.2, 0) is 11.3 Å². The smallest absolute Gasteiger partial charge is 0.0905 e.